The molecule has 188 valence electrons. The molecule has 0 spiro atoms. The first-order chi connectivity index (χ1) is 17.2. The molecule has 1 saturated heterocycles. The minimum Gasteiger partial charge on any atom is -0.474 e. The molecule has 4 aromatic rings. The van der Waals surface area contributed by atoms with Gasteiger partial charge in [0.25, 0.3) is 0 Å². The maximum absolute atomic E-state index is 14.1. The number of aromatic nitrogens is 4. The normalized spacial score (nSPS) is 19.2. The van der Waals surface area contributed by atoms with Crippen molar-refractivity contribution in [2.24, 2.45) is 0 Å². The molecule has 1 unspecified atom stereocenters. The maximum Gasteiger partial charge on any atom is 0.387 e. The Morgan fingerprint density at radius 2 is 1.81 bits per heavy atom. The van der Waals surface area contributed by atoms with E-state index < -0.39 is 29.6 Å². The minimum absolute atomic E-state index is 0.00446. The van der Waals surface area contributed by atoms with Gasteiger partial charge in [0.05, 0.1) is 19.0 Å². The number of benzene rings is 2. The van der Waals surface area contributed by atoms with E-state index in [0.717, 1.165) is 12.1 Å². The molecule has 8 nitrogen and oxygen atoms in total. The van der Waals surface area contributed by atoms with Crippen molar-refractivity contribution in [3.63, 3.8) is 0 Å². The maximum atomic E-state index is 14.1. The zero-order valence-electron chi connectivity index (χ0n) is 19.1. The van der Waals surface area contributed by atoms with Gasteiger partial charge in [0.15, 0.2) is 34.5 Å². The first-order valence-corrected chi connectivity index (χ1v) is 10.8. The lowest BCUT2D eigenvalue weighted by Crippen LogP contribution is -2.38. The fraction of sp³-hybridized carbons (Fsp3) is 0.292. The van der Waals surface area contributed by atoms with Crippen LogP contribution in [0, 0.1) is 11.6 Å². The number of hydrogen-bond acceptors (Lipinski definition) is 7. The average Bonchev–Trinajstić information content (AvgIpc) is 3.41. The largest absolute Gasteiger partial charge is 0.474 e. The Kier molecular flexibility index (Phi) is 6.00. The molecule has 0 N–H and O–H groups in total. The van der Waals surface area contributed by atoms with E-state index in [0.29, 0.717) is 22.6 Å². The highest BCUT2D eigenvalue weighted by atomic mass is 19.3. The summed E-state index contributed by atoms with van der Waals surface area (Å²) in [5, 5.41) is 8.27. The van der Waals surface area contributed by atoms with Gasteiger partial charge in [-0.05, 0) is 55.8 Å². The topological polar surface area (TPSA) is 80.0 Å². The van der Waals surface area contributed by atoms with Crippen LogP contribution in [0.15, 0.2) is 54.9 Å². The number of alkyl halides is 2. The summed E-state index contributed by atoms with van der Waals surface area (Å²) in [5.74, 6) is -2.42. The average molecular weight is 504 g/mol. The molecule has 1 atom stereocenters. The summed E-state index contributed by atoms with van der Waals surface area (Å²) in [6.07, 6.45) is 2.91. The van der Waals surface area contributed by atoms with E-state index in [-0.39, 0.29) is 24.8 Å². The van der Waals surface area contributed by atoms with Gasteiger partial charge < -0.3 is 18.9 Å². The third kappa shape index (κ3) is 4.56. The molecule has 5 rings (SSSR count). The first kappa shape index (κ1) is 23.9. The Hall–Kier alpha value is -3.77. The number of rotatable bonds is 7. The molecule has 1 aliphatic rings. The molecule has 3 heterocycles. The molecule has 2 aromatic carbocycles. The smallest absolute Gasteiger partial charge is 0.387 e. The molecule has 0 aliphatic carbocycles. The summed E-state index contributed by atoms with van der Waals surface area (Å²) >= 11 is 0. The predicted octanol–water partition coefficient (Wildman–Crippen LogP) is 4.73. The van der Waals surface area contributed by atoms with Crippen LogP contribution in [0.3, 0.4) is 0 Å². The quantitative estimate of drug-likeness (QED) is 0.337. The molecular weight excluding hydrogens is 484 g/mol. The van der Waals surface area contributed by atoms with Crippen LogP contribution < -0.4 is 9.47 Å². The van der Waals surface area contributed by atoms with Gasteiger partial charge >= 0.3 is 6.61 Å². The molecule has 12 heteroatoms. The fourth-order valence-electron chi connectivity index (χ4n) is 3.98. The Morgan fingerprint density at radius 3 is 2.47 bits per heavy atom. The number of ether oxygens (including phenoxy) is 4. The predicted molar refractivity (Wildman–Crippen MR) is 117 cm³/mol. The second-order valence-electron chi connectivity index (χ2n) is 8.57. The van der Waals surface area contributed by atoms with Crippen LogP contribution in [0.25, 0.3) is 17.0 Å². The first-order valence-electron chi connectivity index (χ1n) is 10.8. The number of fused-ring (bicyclic) bond motifs is 1. The zero-order valence-corrected chi connectivity index (χ0v) is 19.1. The monoisotopic (exact) mass is 504 g/mol. The molecule has 0 radical (unpaired) electrons. The van der Waals surface area contributed by atoms with E-state index in [9.17, 15) is 17.6 Å². The molecule has 0 bridgehead atoms. The van der Waals surface area contributed by atoms with E-state index in [1.54, 1.807) is 30.4 Å². The molecule has 0 amide bonds. The molecule has 1 aliphatic heterocycles. The fourth-order valence-corrected chi connectivity index (χ4v) is 3.98. The van der Waals surface area contributed by atoms with Crippen molar-refractivity contribution in [2.75, 3.05) is 13.2 Å². The standard InChI is InChI=1S/C24H20F4N4O4/c1-23(2)34-13-24(36-23,15-5-8-17(25)18(26)9-15)12-33-20-11-29-10-19-30-31-21(32(19)20)14-3-6-16(7-4-14)35-22(27)28/h3-11,22H,12-13H2,1-2H3. The van der Waals surface area contributed by atoms with Crippen LogP contribution in [-0.2, 0) is 15.1 Å². The second-order valence-corrected chi connectivity index (χ2v) is 8.57. The van der Waals surface area contributed by atoms with Gasteiger partial charge in [-0.15, -0.1) is 10.2 Å². The van der Waals surface area contributed by atoms with Gasteiger partial charge in [-0.3, -0.25) is 4.98 Å². The van der Waals surface area contributed by atoms with Crippen molar-refractivity contribution in [1.82, 2.24) is 19.6 Å². The highest BCUT2D eigenvalue weighted by Crippen LogP contribution is 2.40. The van der Waals surface area contributed by atoms with E-state index in [2.05, 4.69) is 19.9 Å². The minimum atomic E-state index is -2.94. The van der Waals surface area contributed by atoms with Gasteiger partial charge in [-0.25, -0.2) is 13.2 Å². The van der Waals surface area contributed by atoms with Crippen molar-refractivity contribution in [2.45, 2.75) is 31.8 Å². The third-order valence-corrected chi connectivity index (χ3v) is 5.61. The van der Waals surface area contributed by atoms with Gasteiger partial charge in [0.1, 0.15) is 12.4 Å². The molecular formula is C24H20F4N4O4. The summed E-state index contributed by atoms with van der Waals surface area (Å²) in [7, 11) is 0. The van der Waals surface area contributed by atoms with Crippen LogP contribution in [0.2, 0.25) is 0 Å². The summed E-state index contributed by atoms with van der Waals surface area (Å²) in [6, 6.07) is 9.36. The van der Waals surface area contributed by atoms with Gasteiger partial charge in [-0.1, -0.05) is 6.07 Å². The molecule has 0 saturated carbocycles. The molecule has 1 fully saturated rings. The van der Waals surface area contributed by atoms with Crippen LogP contribution in [-0.4, -0.2) is 45.2 Å². The summed E-state index contributed by atoms with van der Waals surface area (Å²) in [6.45, 7) is 0.354. The summed E-state index contributed by atoms with van der Waals surface area (Å²) in [5.41, 5.74) is 0.00630. The van der Waals surface area contributed by atoms with E-state index in [1.165, 1.54) is 30.6 Å². The zero-order chi connectivity index (χ0) is 25.5. The molecule has 36 heavy (non-hydrogen) atoms. The van der Waals surface area contributed by atoms with E-state index in [1.807, 2.05) is 0 Å². The van der Waals surface area contributed by atoms with Crippen LogP contribution in [0.1, 0.15) is 19.4 Å². The van der Waals surface area contributed by atoms with Crippen molar-refractivity contribution >= 4 is 5.65 Å². The second kappa shape index (κ2) is 9.03. The number of nitrogens with zero attached hydrogens (tertiary/aromatic N) is 4. The number of halogens is 4. The van der Waals surface area contributed by atoms with E-state index >= 15 is 0 Å². The van der Waals surface area contributed by atoms with Gasteiger partial charge in [-0.2, -0.15) is 8.78 Å². The lowest BCUT2D eigenvalue weighted by atomic mass is 9.95. The Morgan fingerprint density at radius 1 is 1.03 bits per heavy atom. The lowest BCUT2D eigenvalue weighted by Gasteiger charge is -2.29. The van der Waals surface area contributed by atoms with Gasteiger partial charge in [0, 0.05) is 5.56 Å². The summed E-state index contributed by atoms with van der Waals surface area (Å²) < 4.78 is 76.6. The van der Waals surface area contributed by atoms with Crippen LogP contribution in [0.4, 0.5) is 17.6 Å². The highest BCUT2D eigenvalue weighted by molar-refractivity contribution is 5.61. The van der Waals surface area contributed by atoms with Crippen molar-refractivity contribution < 1.29 is 36.5 Å². The third-order valence-electron chi connectivity index (χ3n) is 5.61. The Labute approximate surface area is 202 Å². The Bertz CT molecular complexity index is 1400. The van der Waals surface area contributed by atoms with Crippen LogP contribution >= 0.6 is 0 Å². The van der Waals surface area contributed by atoms with Gasteiger partial charge in [0.2, 0.25) is 5.88 Å². The summed E-state index contributed by atoms with van der Waals surface area (Å²) in [4.78, 5) is 4.13. The van der Waals surface area contributed by atoms with E-state index in [4.69, 9.17) is 14.2 Å². The Balaban J connectivity index is 1.48. The van der Waals surface area contributed by atoms with Crippen LogP contribution in [0.5, 0.6) is 11.6 Å². The van der Waals surface area contributed by atoms with Crippen molar-refractivity contribution in [3.05, 3.63) is 72.1 Å². The SMILES string of the molecule is CC1(C)OCC(COc2cncc3nnc(-c4ccc(OC(F)F)cc4)n23)(c2ccc(F)c(F)c2)O1. The lowest BCUT2D eigenvalue weighted by molar-refractivity contribution is -0.170. The molecule has 2 aromatic heterocycles. The number of hydrogen-bond donors (Lipinski definition) is 0. The highest BCUT2D eigenvalue weighted by Gasteiger charge is 2.48. The van der Waals surface area contributed by atoms with Crippen molar-refractivity contribution in [1.29, 1.82) is 0 Å². The van der Waals surface area contributed by atoms with Crippen molar-refractivity contribution in [3.8, 4) is 23.0 Å².